The van der Waals surface area contributed by atoms with Crippen LogP contribution in [0.25, 0.3) is 0 Å². The highest BCUT2D eigenvalue weighted by atomic mass is 31.2. The Morgan fingerprint density at radius 1 is 1.17 bits per heavy atom. The summed E-state index contributed by atoms with van der Waals surface area (Å²) < 4.78 is 22.9. The van der Waals surface area contributed by atoms with E-state index < -0.39 is 13.6 Å². The molecule has 0 bridgehead atoms. The van der Waals surface area contributed by atoms with Crippen LogP contribution in [0.1, 0.15) is 39.5 Å². The molecule has 0 aromatic heterocycles. The number of carbonyl (C=O) groups is 1. The largest absolute Gasteiger partial charge is 0.481 e. The minimum Gasteiger partial charge on any atom is -0.481 e. The van der Waals surface area contributed by atoms with Crippen molar-refractivity contribution >= 4 is 13.6 Å². The van der Waals surface area contributed by atoms with Gasteiger partial charge in [-0.25, -0.2) is 0 Å². The minimum atomic E-state index is -2.98. The number of rotatable bonds is 7. The third kappa shape index (κ3) is 4.71. The first-order valence-corrected chi connectivity index (χ1v) is 8.34. The second kappa shape index (κ2) is 7.27. The molecule has 0 saturated heterocycles. The third-order valence-electron chi connectivity index (χ3n) is 3.33. The van der Waals surface area contributed by atoms with Gasteiger partial charge in [-0.05, 0) is 45.4 Å². The quantitative estimate of drug-likeness (QED) is 0.724. The van der Waals surface area contributed by atoms with Gasteiger partial charge in [0.25, 0.3) is 0 Å². The zero-order valence-corrected chi connectivity index (χ0v) is 12.0. The first-order chi connectivity index (χ1) is 8.50. The molecular formula is C12H23O5P. The fourth-order valence-corrected chi connectivity index (χ4v) is 4.51. The van der Waals surface area contributed by atoms with Gasteiger partial charge in [0.05, 0.1) is 25.3 Å². The number of carboxylic acids is 1. The molecule has 1 aliphatic rings. The summed E-state index contributed by atoms with van der Waals surface area (Å²) in [5, 5.41) is 8.92. The standard InChI is InChI=1S/C12H23O5P/c1-3-16-18(15,17-4-2)9-10-5-7-11(8-6-10)12(13)14/h10-11H,3-9H2,1-2H3,(H,13,14). The van der Waals surface area contributed by atoms with Gasteiger partial charge in [-0.15, -0.1) is 0 Å². The molecule has 0 heterocycles. The van der Waals surface area contributed by atoms with Gasteiger partial charge in [-0.2, -0.15) is 0 Å². The van der Waals surface area contributed by atoms with Crippen LogP contribution in [-0.2, 0) is 18.4 Å². The van der Waals surface area contributed by atoms with E-state index in [0.717, 1.165) is 12.8 Å². The fraction of sp³-hybridized carbons (Fsp3) is 0.917. The van der Waals surface area contributed by atoms with E-state index in [-0.39, 0.29) is 11.8 Å². The van der Waals surface area contributed by atoms with Crippen LogP contribution in [0, 0.1) is 11.8 Å². The molecule has 5 nitrogen and oxygen atoms in total. The molecule has 1 fully saturated rings. The Kier molecular flexibility index (Phi) is 6.33. The highest BCUT2D eigenvalue weighted by Crippen LogP contribution is 2.51. The van der Waals surface area contributed by atoms with Crippen LogP contribution in [0.5, 0.6) is 0 Å². The van der Waals surface area contributed by atoms with Gasteiger partial charge in [0, 0.05) is 0 Å². The van der Waals surface area contributed by atoms with Crippen molar-refractivity contribution in [2.75, 3.05) is 19.4 Å². The molecule has 0 aromatic carbocycles. The van der Waals surface area contributed by atoms with Gasteiger partial charge in [-0.1, -0.05) is 0 Å². The summed E-state index contributed by atoms with van der Waals surface area (Å²) in [6.07, 6.45) is 3.33. The van der Waals surface area contributed by atoms with Crippen LogP contribution < -0.4 is 0 Å². The van der Waals surface area contributed by atoms with Crippen LogP contribution in [-0.4, -0.2) is 30.5 Å². The monoisotopic (exact) mass is 278 g/mol. The van der Waals surface area contributed by atoms with E-state index in [0.29, 0.717) is 32.2 Å². The molecule has 0 spiro atoms. The number of hydrogen-bond acceptors (Lipinski definition) is 4. The predicted molar refractivity (Wildman–Crippen MR) is 68.8 cm³/mol. The third-order valence-corrected chi connectivity index (χ3v) is 5.60. The van der Waals surface area contributed by atoms with E-state index in [1.165, 1.54) is 0 Å². The Hall–Kier alpha value is -0.380. The Morgan fingerprint density at radius 3 is 2.06 bits per heavy atom. The zero-order valence-electron chi connectivity index (χ0n) is 11.1. The van der Waals surface area contributed by atoms with E-state index in [1.54, 1.807) is 13.8 Å². The smallest absolute Gasteiger partial charge is 0.330 e. The summed E-state index contributed by atoms with van der Waals surface area (Å²) in [5.74, 6) is -0.699. The maximum atomic E-state index is 12.3. The molecule has 0 aliphatic heterocycles. The predicted octanol–water partition coefficient (Wildman–Crippen LogP) is 3.14. The average Bonchev–Trinajstić information content (AvgIpc) is 2.30. The lowest BCUT2D eigenvalue weighted by Crippen LogP contribution is -2.23. The number of hydrogen-bond donors (Lipinski definition) is 1. The lowest BCUT2D eigenvalue weighted by Gasteiger charge is -2.28. The molecule has 0 atom stereocenters. The number of carboxylic acid groups (broad SMARTS) is 1. The SMILES string of the molecule is CCOP(=O)(CC1CCC(C(=O)O)CC1)OCC. The first kappa shape index (κ1) is 15.7. The van der Waals surface area contributed by atoms with E-state index in [1.807, 2.05) is 0 Å². The lowest BCUT2D eigenvalue weighted by molar-refractivity contribution is -0.143. The first-order valence-electron chi connectivity index (χ1n) is 6.61. The maximum absolute atomic E-state index is 12.3. The Bertz CT molecular complexity index is 300. The second-order valence-corrected chi connectivity index (χ2v) is 6.79. The van der Waals surface area contributed by atoms with Crippen LogP contribution in [0.2, 0.25) is 0 Å². The summed E-state index contributed by atoms with van der Waals surface area (Å²) in [4.78, 5) is 10.8. The summed E-state index contributed by atoms with van der Waals surface area (Å²) in [7, 11) is -2.98. The molecule has 1 aliphatic carbocycles. The second-order valence-electron chi connectivity index (χ2n) is 4.68. The van der Waals surface area contributed by atoms with Crippen LogP contribution in [0.15, 0.2) is 0 Å². The van der Waals surface area contributed by atoms with Crippen molar-refractivity contribution in [2.24, 2.45) is 11.8 Å². The van der Waals surface area contributed by atoms with E-state index >= 15 is 0 Å². The average molecular weight is 278 g/mol. The number of aliphatic carboxylic acids is 1. The van der Waals surface area contributed by atoms with Gasteiger partial charge >= 0.3 is 13.6 Å². The summed E-state index contributed by atoms with van der Waals surface area (Å²) >= 11 is 0. The molecule has 1 saturated carbocycles. The zero-order chi connectivity index (χ0) is 13.6. The molecule has 1 rings (SSSR count). The summed E-state index contributed by atoms with van der Waals surface area (Å²) in [6.45, 7) is 4.35. The van der Waals surface area contributed by atoms with Gasteiger partial charge < -0.3 is 14.2 Å². The van der Waals surface area contributed by atoms with Crippen molar-refractivity contribution in [1.82, 2.24) is 0 Å². The van der Waals surface area contributed by atoms with Crippen LogP contribution in [0.4, 0.5) is 0 Å². The van der Waals surface area contributed by atoms with Gasteiger partial charge in [0.15, 0.2) is 0 Å². The molecular weight excluding hydrogens is 255 g/mol. The normalized spacial score (nSPS) is 25.0. The van der Waals surface area contributed by atoms with E-state index in [4.69, 9.17) is 14.2 Å². The highest BCUT2D eigenvalue weighted by molar-refractivity contribution is 7.53. The lowest BCUT2D eigenvalue weighted by atomic mass is 9.83. The summed E-state index contributed by atoms with van der Waals surface area (Å²) in [6, 6.07) is 0. The minimum absolute atomic E-state index is 0.236. The molecule has 18 heavy (non-hydrogen) atoms. The van der Waals surface area contributed by atoms with Crippen molar-refractivity contribution in [3.8, 4) is 0 Å². The van der Waals surface area contributed by atoms with Crippen molar-refractivity contribution in [3.63, 3.8) is 0 Å². The Labute approximate surface area is 108 Å². The van der Waals surface area contributed by atoms with E-state index in [2.05, 4.69) is 0 Å². The van der Waals surface area contributed by atoms with Crippen molar-refractivity contribution in [1.29, 1.82) is 0 Å². The molecule has 1 N–H and O–H groups in total. The fourth-order valence-electron chi connectivity index (χ4n) is 2.44. The Balaban J connectivity index is 2.47. The van der Waals surface area contributed by atoms with Crippen molar-refractivity contribution in [3.05, 3.63) is 0 Å². The highest BCUT2D eigenvalue weighted by Gasteiger charge is 2.32. The van der Waals surface area contributed by atoms with Gasteiger partial charge in [-0.3, -0.25) is 9.36 Å². The van der Waals surface area contributed by atoms with Crippen molar-refractivity contribution in [2.45, 2.75) is 39.5 Å². The van der Waals surface area contributed by atoms with Crippen molar-refractivity contribution < 1.29 is 23.5 Å². The van der Waals surface area contributed by atoms with E-state index in [9.17, 15) is 9.36 Å². The Morgan fingerprint density at radius 2 is 1.67 bits per heavy atom. The summed E-state index contributed by atoms with van der Waals surface area (Å²) in [5.41, 5.74) is 0. The van der Waals surface area contributed by atoms with Gasteiger partial charge in [0.1, 0.15) is 0 Å². The molecule has 106 valence electrons. The maximum Gasteiger partial charge on any atom is 0.330 e. The van der Waals surface area contributed by atoms with Crippen LogP contribution >= 0.6 is 7.60 Å². The molecule has 0 amide bonds. The molecule has 0 unspecified atom stereocenters. The van der Waals surface area contributed by atoms with Crippen LogP contribution in [0.3, 0.4) is 0 Å². The van der Waals surface area contributed by atoms with Gasteiger partial charge in [0.2, 0.25) is 0 Å². The molecule has 6 heteroatoms. The molecule has 0 radical (unpaired) electrons. The molecule has 0 aromatic rings. The topological polar surface area (TPSA) is 72.8 Å².